The van der Waals surface area contributed by atoms with E-state index in [-0.39, 0.29) is 11.8 Å². The van der Waals surface area contributed by atoms with Crippen LogP contribution in [0.5, 0.6) is 11.5 Å². The first-order valence-corrected chi connectivity index (χ1v) is 8.60. The Morgan fingerprint density at radius 3 is 2.31 bits per heavy atom. The van der Waals surface area contributed by atoms with Gasteiger partial charge in [0.1, 0.15) is 23.0 Å². The topological polar surface area (TPSA) is 84.9 Å². The number of halogens is 2. The van der Waals surface area contributed by atoms with Gasteiger partial charge in [0.05, 0.1) is 7.11 Å². The summed E-state index contributed by atoms with van der Waals surface area (Å²) in [6, 6.07) is 5.96. The van der Waals surface area contributed by atoms with E-state index < -0.39 is 29.5 Å². The van der Waals surface area contributed by atoms with Crippen LogP contribution in [0.2, 0.25) is 0 Å². The molecular formula is C17H18Cl2N2O5. The lowest BCUT2D eigenvalue weighted by Gasteiger charge is -2.46. The van der Waals surface area contributed by atoms with Crippen molar-refractivity contribution >= 4 is 41.0 Å². The summed E-state index contributed by atoms with van der Waals surface area (Å²) in [5.74, 6) is 0.421. The van der Waals surface area contributed by atoms with Crippen molar-refractivity contribution in [1.82, 2.24) is 10.2 Å². The molecule has 0 aromatic heterocycles. The van der Waals surface area contributed by atoms with Crippen LogP contribution in [-0.2, 0) is 19.1 Å². The molecule has 2 amide bonds. The molecule has 2 bridgehead atoms. The maximum Gasteiger partial charge on any atom is 0.333 e. The van der Waals surface area contributed by atoms with Gasteiger partial charge in [-0.05, 0) is 17.7 Å². The Morgan fingerprint density at radius 2 is 2.00 bits per heavy atom. The summed E-state index contributed by atoms with van der Waals surface area (Å²) in [6.07, 6.45) is 0. The molecular weight excluding hydrogens is 383 g/mol. The Morgan fingerprint density at radius 1 is 1.42 bits per heavy atom. The average molecular weight is 401 g/mol. The van der Waals surface area contributed by atoms with Gasteiger partial charge >= 0.3 is 5.97 Å². The van der Waals surface area contributed by atoms with Gasteiger partial charge in [-0.3, -0.25) is 9.59 Å². The number of nitrogens with zero attached hydrogens (tertiary/aromatic N) is 1. The Bertz CT molecular complexity index is 699. The highest BCUT2D eigenvalue weighted by Gasteiger charge is 2.52. The molecule has 9 heteroatoms. The van der Waals surface area contributed by atoms with Crippen molar-refractivity contribution in [2.24, 2.45) is 0 Å². The monoisotopic (exact) mass is 400 g/mol. The first-order valence-electron chi connectivity index (χ1n) is 7.62. The fourth-order valence-electron chi connectivity index (χ4n) is 2.44. The van der Waals surface area contributed by atoms with E-state index in [2.05, 4.69) is 16.6 Å². The molecule has 140 valence electrons. The van der Waals surface area contributed by atoms with Crippen LogP contribution >= 0.6 is 23.2 Å². The normalized spacial score (nSPS) is 20.3. The summed E-state index contributed by atoms with van der Waals surface area (Å²) < 4.78 is 9.62. The molecule has 1 saturated heterocycles. The number of hydrogen-bond donors (Lipinski definition) is 1. The first kappa shape index (κ1) is 20.1. The lowest BCUT2D eigenvalue weighted by atomic mass is 9.99. The van der Waals surface area contributed by atoms with Gasteiger partial charge in [0.2, 0.25) is 5.91 Å². The number of amides is 2. The van der Waals surface area contributed by atoms with Crippen molar-refractivity contribution in [1.29, 1.82) is 0 Å². The SMILES string of the molecule is C=C(CCl)C(C(=O)OC)N1C(=O)C(NC(C)=O)C1Cl.c1cc2cc(c1)O2. The van der Waals surface area contributed by atoms with E-state index in [1.54, 1.807) is 0 Å². The third-order valence-electron chi connectivity index (χ3n) is 3.72. The lowest BCUT2D eigenvalue weighted by Crippen LogP contribution is -2.72. The maximum atomic E-state index is 11.9. The number of nitrogens with one attached hydrogen (secondary N) is 1. The summed E-state index contributed by atoms with van der Waals surface area (Å²) in [7, 11) is 1.19. The minimum Gasteiger partial charge on any atom is -0.467 e. The molecule has 3 unspecified atom stereocenters. The second-order valence-corrected chi connectivity index (χ2v) is 6.31. The van der Waals surface area contributed by atoms with Crippen LogP contribution in [0.25, 0.3) is 0 Å². The largest absolute Gasteiger partial charge is 0.467 e. The van der Waals surface area contributed by atoms with Crippen LogP contribution in [0, 0.1) is 0 Å². The Kier molecular flexibility index (Phi) is 6.50. The van der Waals surface area contributed by atoms with Crippen molar-refractivity contribution in [3.05, 3.63) is 36.4 Å². The zero-order valence-corrected chi connectivity index (χ0v) is 15.7. The number of carbonyl (C=O) groups is 3. The molecule has 7 nitrogen and oxygen atoms in total. The molecule has 1 N–H and O–H groups in total. The standard InChI is InChI=1S/C11H14Cl2N2O4.C6H4O/c1-5(4-12)8(11(18)19-3)15-9(13)7(10(15)17)14-6(2)16;1-2-5-4-6(3-1)7-5/h7-9H,1,4H2,2-3H3,(H,14,16);1-4H. The molecule has 3 heterocycles. The van der Waals surface area contributed by atoms with Gasteiger partial charge in [-0.25, -0.2) is 4.79 Å². The number of methoxy groups -OCH3 is 1. The van der Waals surface area contributed by atoms with Crippen LogP contribution in [0.15, 0.2) is 36.4 Å². The van der Waals surface area contributed by atoms with Gasteiger partial charge in [-0.15, -0.1) is 11.6 Å². The maximum absolute atomic E-state index is 11.9. The van der Waals surface area contributed by atoms with E-state index in [0.29, 0.717) is 5.57 Å². The fourth-order valence-corrected chi connectivity index (χ4v) is 2.96. The third kappa shape index (κ3) is 4.11. The van der Waals surface area contributed by atoms with Gasteiger partial charge in [-0.1, -0.05) is 24.2 Å². The van der Waals surface area contributed by atoms with Crippen molar-refractivity contribution in [3.8, 4) is 11.5 Å². The Balaban J connectivity index is 0.000000282. The molecule has 0 spiro atoms. The van der Waals surface area contributed by atoms with E-state index >= 15 is 0 Å². The molecule has 0 radical (unpaired) electrons. The number of β-lactam (4-membered cyclic amide) rings is 1. The van der Waals surface area contributed by atoms with E-state index in [0.717, 1.165) is 16.4 Å². The molecule has 0 aliphatic carbocycles. The average Bonchev–Trinajstić information content (AvgIpc) is 2.63. The molecule has 26 heavy (non-hydrogen) atoms. The van der Waals surface area contributed by atoms with E-state index in [1.165, 1.54) is 14.0 Å². The first-order chi connectivity index (χ1) is 12.3. The number of alkyl halides is 2. The molecule has 0 saturated carbocycles. The number of benzene rings is 1. The van der Waals surface area contributed by atoms with Crippen molar-refractivity contribution in [2.75, 3.05) is 13.0 Å². The highest BCUT2D eigenvalue weighted by Crippen LogP contribution is 2.33. The Labute approximate surface area is 160 Å². The molecule has 1 aromatic rings. The molecule has 4 rings (SSSR count). The highest BCUT2D eigenvalue weighted by molar-refractivity contribution is 6.27. The van der Waals surface area contributed by atoms with Gasteiger partial charge < -0.3 is 19.7 Å². The number of hydrogen-bond acceptors (Lipinski definition) is 5. The summed E-state index contributed by atoms with van der Waals surface area (Å²) in [4.78, 5) is 35.6. The van der Waals surface area contributed by atoms with Crippen LogP contribution in [0.3, 0.4) is 0 Å². The zero-order chi connectivity index (χ0) is 19.4. The fraction of sp³-hybridized carbons (Fsp3) is 0.353. The summed E-state index contributed by atoms with van der Waals surface area (Å²) in [6.45, 7) is 4.90. The number of carbonyl (C=O) groups excluding carboxylic acids is 3. The Hall–Kier alpha value is -2.25. The molecule has 3 aliphatic heterocycles. The second kappa shape index (κ2) is 8.42. The van der Waals surface area contributed by atoms with Crippen LogP contribution in [0.4, 0.5) is 0 Å². The summed E-state index contributed by atoms with van der Waals surface area (Å²) in [5, 5.41) is 2.40. The number of fused-ring (bicyclic) bond motifs is 2. The lowest BCUT2D eigenvalue weighted by molar-refractivity contribution is -0.161. The molecule has 3 atom stereocenters. The molecule has 3 aliphatic rings. The molecule has 1 fully saturated rings. The number of rotatable bonds is 5. The summed E-state index contributed by atoms with van der Waals surface area (Å²) in [5.41, 5.74) is -0.547. The van der Waals surface area contributed by atoms with E-state index in [9.17, 15) is 14.4 Å². The smallest absolute Gasteiger partial charge is 0.333 e. The van der Waals surface area contributed by atoms with Gasteiger partial charge in [-0.2, -0.15) is 0 Å². The van der Waals surface area contributed by atoms with E-state index in [1.807, 2.05) is 24.3 Å². The van der Waals surface area contributed by atoms with Crippen LogP contribution < -0.4 is 10.1 Å². The number of esters is 1. The van der Waals surface area contributed by atoms with Crippen molar-refractivity contribution in [3.63, 3.8) is 0 Å². The summed E-state index contributed by atoms with van der Waals surface area (Å²) >= 11 is 11.6. The quantitative estimate of drug-likeness (QED) is 0.273. The van der Waals surface area contributed by atoms with Crippen molar-refractivity contribution in [2.45, 2.75) is 24.5 Å². The van der Waals surface area contributed by atoms with Gasteiger partial charge in [0, 0.05) is 18.9 Å². The van der Waals surface area contributed by atoms with Gasteiger partial charge in [0.15, 0.2) is 6.04 Å². The zero-order valence-electron chi connectivity index (χ0n) is 14.2. The van der Waals surface area contributed by atoms with E-state index in [4.69, 9.17) is 27.9 Å². The predicted molar refractivity (Wildman–Crippen MR) is 96.3 cm³/mol. The third-order valence-corrected chi connectivity index (χ3v) is 4.53. The van der Waals surface area contributed by atoms with Gasteiger partial charge in [0.25, 0.3) is 5.91 Å². The molecule has 1 aromatic carbocycles. The van der Waals surface area contributed by atoms with Crippen LogP contribution in [0.1, 0.15) is 6.92 Å². The number of ether oxygens (including phenoxy) is 2. The van der Waals surface area contributed by atoms with Crippen LogP contribution in [-0.4, -0.2) is 53.3 Å². The van der Waals surface area contributed by atoms with Crippen molar-refractivity contribution < 1.29 is 23.9 Å². The number of likely N-dealkylation sites (tertiary alicyclic amines) is 1. The minimum atomic E-state index is -1.04. The highest BCUT2D eigenvalue weighted by atomic mass is 35.5. The minimum absolute atomic E-state index is 0.0159. The second-order valence-electron chi connectivity index (χ2n) is 5.59. The predicted octanol–water partition coefficient (Wildman–Crippen LogP) is 2.03.